The van der Waals surface area contributed by atoms with Crippen molar-refractivity contribution in [3.05, 3.63) is 35.4 Å². The van der Waals surface area contributed by atoms with Gasteiger partial charge in [-0.05, 0) is 37.8 Å². The highest BCUT2D eigenvalue weighted by Crippen LogP contribution is 2.31. The Labute approximate surface area is 116 Å². The maximum absolute atomic E-state index is 12.5. The van der Waals surface area contributed by atoms with Gasteiger partial charge in [-0.2, -0.15) is 0 Å². The molecule has 20 heavy (non-hydrogen) atoms. The van der Waals surface area contributed by atoms with E-state index in [9.17, 15) is 14.4 Å². The van der Waals surface area contributed by atoms with Gasteiger partial charge in [-0.15, -0.1) is 0 Å². The maximum Gasteiger partial charge on any atom is 0.331 e. The number of hydrogen-bond donors (Lipinski definition) is 1. The molecule has 0 unspecified atom stereocenters. The van der Waals surface area contributed by atoms with Crippen LogP contribution in [0.25, 0.3) is 0 Å². The second-order valence-electron chi connectivity index (χ2n) is 5.89. The van der Waals surface area contributed by atoms with Crippen LogP contribution >= 0.6 is 0 Å². The summed E-state index contributed by atoms with van der Waals surface area (Å²) in [6.45, 7) is 3.10. The SMILES string of the molecule is CC1(C)C(=O)NC(=O)N(C2Cc3ccccc3C2)C1=O. The van der Waals surface area contributed by atoms with Gasteiger partial charge in [0.25, 0.3) is 0 Å². The van der Waals surface area contributed by atoms with Crippen molar-refractivity contribution in [2.24, 2.45) is 5.41 Å². The first-order valence-corrected chi connectivity index (χ1v) is 6.67. The third-order valence-corrected chi connectivity index (χ3v) is 4.15. The molecule has 0 radical (unpaired) electrons. The fourth-order valence-corrected chi connectivity index (χ4v) is 2.85. The topological polar surface area (TPSA) is 66.5 Å². The smallest absolute Gasteiger partial charge is 0.277 e. The molecule has 0 spiro atoms. The van der Waals surface area contributed by atoms with Crippen LogP contribution in [0.4, 0.5) is 4.79 Å². The number of nitrogens with one attached hydrogen (secondary N) is 1. The Hall–Kier alpha value is -2.17. The molecule has 2 aliphatic rings. The molecule has 0 bridgehead atoms. The number of benzene rings is 1. The Bertz CT molecular complexity index is 596. The van der Waals surface area contributed by atoms with Crippen LogP contribution in [-0.4, -0.2) is 28.8 Å². The first kappa shape index (κ1) is 12.8. The molecule has 104 valence electrons. The predicted molar refractivity (Wildman–Crippen MR) is 71.8 cm³/mol. The van der Waals surface area contributed by atoms with Crippen molar-refractivity contribution >= 4 is 17.8 Å². The largest absolute Gasteiger partial charge is 0.331 e. The van der Waals surface area contributed by atoms with Gasteiger partial charge in [-0.25, -0.2) is 4.79 Å². The summed E-state index contributed by atoms with van der Waals surface area (Å²) in [7, 11) is 0. The molecule has 1 N–H and O–H groups in total. The van der Waals surface area contributed by atoms with E-state index in [0.29, 0.717) is 12.8 Å². The highest BCUT2D eigenvalue weighted by Gasteiger charge is 2.49. The number of amides is 4. The van der Waals surface area contributed by atoms with E-state index in [4.69, 9.17) is 0 Å². The molecule has 1 aromatic rings. The van der Waals surface area contributed by atoms with Gasteiger partial charge >= 0.3 is 6.03 Å². The van der Waals surface area contributed by atoms with Gasteiger partial charge in [0.1, 0.15) is 5.41 Å². The minimum Gasteiger partial charge on any atom is -0.277 e. The second kappa shape index (κ2) is 4.16. The molecule has 0 aromatic heterocycles. The molecule has 1 saturated heterocycles. The number of rotatable bonds is 1. The number of urea groups is 1. The lowest BCUT2D eigenvalue weighted by molar-refractivity contribution is -0.150. The molecule has 0 saturated carbocycles. The van der Waals surface area contributed by atoms with E-state index in [1.54, 1.807) is 13.8 Å². The summed E-state index contributed by atoms with van der Waals surface area (Å²) in [5.41, 5.74) is 1.13. The van der Waals surface area contributed by atoms with Crippen molar-refractivity contribution in [1.82, 2.24) is 10.2 Å². The molecule has 5 nitrogen and oxygen atoms in total. The zero-order chi connectivity index (χ0) is 14.5. The Morgan fingerprint density at radius 1 is 1.10 bits per heavy atom. The lowest BCUT2D eigenvalue weighted by atomic mass is 9.88. The predicted octanol–water partition coefficient (Wildman–Crippen LogP) is 1.26. The molecule has 0 atom stereocenters. The number of carbonyl (C=O) groups excluding carboxylic acids is 3. The number of hydrogen-bond acceptors (Lipinski definition) is 3. The number of carbonyl (C=O) groups is 3. The normalized spacial score (nSPS) is 21.9. The highest BCUT2D eigenvalue weighted by molar-refractivity contribution is 6.18. The molecule has 5 heteroatoms. The summed E-state index contributed by atoms with van der Waals surface area (Å²) in [6.07, 6.45) is 1.30. The van der Waals surface area contributed by atoms with E-state index in [0.717, 1.165) is 11.1 Å². The van der Waals surface area contributed by atoms with Crippen molar-refractivity contribution in [3.63, 3.8) is 0 Å². The van der Waals surface area contributed by atoms with Crippen molar-refractivity contribution in [1.29, 1.82) is 0 Å². The minimum atomic E-state index is -1.19. The summed E-state index contributed by atoms with van der Waals surface area (Å²) in [6, 6.07) is 7.12. The van der Waals surface area contributed by atoms with E-state index in [1.807, 2.05) is 24.3 Å². The van der Waals surface area contributed by atoms with Crippen LogP contribution in [0, 0.1) is 5.41 Å². The fraction of sp³-hybridized carbons (Fsp3) is 0.400. The van der Waals surface area contributed by atoms with E-state index in [2.05, 4.69) is 5.32 Å². The van der Waals surface area contributed by atoms with Crippen molar-refractivity contribution in [2.45, 2.75) is 32.7 Å². The van der Waals surface area contributed by atoms with Crippen LogP contribution in [0.15, 0.2) is 24.3 Å². The zero-order valence-electron chi connectivity index (χ0n) is 11.5. The van der Waals surface area contributed by atoms with Crippen LogP contribution < -0.4 is 5.32 Å². The third kappa shape index (κ3) is 1.73. The molecule has 1 aliphatic heterocycles. The maximum atomic E-state index is 12.5. The monoisotopic (exact) mass is 272 g/mol. The quantitative estimate of drug-likeness (QED) is 0.783. The van der Waals surface area contributed by atoms with Gasteiger partial charge in [-0.3, -0.25) is 19.8 Å². The second-order valence-corrected chi connectivity index (χ2v) is 5.89. The molecular formula is C15H16N2O3. The van der Waals surface area contributed by atoms with E-state index in [1.165, 1.54) is 4.90 Å². The van der Waals surface area contributed by atoms with Crippen LogP contribution in [-0.2, 0) is 22.4 Å². The van der Waals surface area contributed by atoms with Crippen molar-refractivity contribution in [3.8, 4) is 0 Å². The zero-order valence-corrected chi connectivity index (χ0v) is 11.5. The third-order valence-electron chi connectivity index (χ3n) is 4.15. The number of nitrogens with zero attached hydrogens (tertiary/aromatic N) is 1. The summed E-state index contributed by atoms with van der Waals surface area (Å²) in [5, 5.41) is 2.28. The summed E-state index contributed by atoms with van der Waals surface area (Å²) in [5.74, 6) is -0.941. The number of fused-ring (bicyclic) bond motifs is 1. The van der Waals surface area contributed by atoms with Gasteiger partial charge in [-0.1, -0.05) is 24.3 Å². The molecule has 1 heterocycles. The van der Waals surface area contributed by atoms with Crippen LogP contribution in [0.1, 0.15) is 25.0 Å². The summed E-state index contributed by atoms with van der Waals surface area (Å²) < 4.78 is 0. The van der Waals surface area contributed by atoms with Crippen LogP contribution in [0.3, 0.4) is 0 Å². The summed E-state index contributed by atoms with van der Waals surface area (Å²) in [4.78, 5) is 37.4. The standard InChI is InChI=1S/C15H16N2O3/c1-15(2)12(18)16-14(20)17(13(15)19)11-7-9-5-3-4-6-10(9)8-11/h3-6,11H,7-8H2,1-2H3,(H,16,18,20). The minimum absolute atomic E-state index is 0.202. The fourth-order valence-electron chi connectivity index (χ4n) is 2.85. The summed E-state index contributed by atoms with van der Waals surface area (Å²) >= 11 is 0. The molecule has 1 aromatic carbocycles. The highest BCUT2D eigenvalue weighted by atomic mass is 16.2. The van der Waals surface area contributed by atoms with Gasteiger partial charge < -0.3 is 0 Å². The first-order valence-electron chi connectivity index (χ1n) is 6.67. The van der Waals surface area contributed by atoms with Crippen LogP contribution in [0.5, 0.6) is 0 Å². The number of imide groups is 2. The molecule has 1 fully saturated rings. The Morgan fingerprint density at radius 3 is 2.20 bits per heavy atom. The molecular weight excluding hydrogens is 256 g/mol. The average molecular weight is 272 g/mol. The Morgan fingerprint density at radius 2 is 1.65 bits per heavy atom. The molecule has 1 aliphatic carbocycles. The van der Waals surface area contributed by atoms with Gasteiger partial charge in [0.05, 0.1) is 0 Å². The Kier molecular flexibility index (Phi) is 2.67. The van der Waals surface area contributed by atoms with Crippen molar-refractivity contribution in [2.75, 3.05) is 0 Å². The van der Waals surface area contributed by atoms with E-state index in [-0.39, 0.29) is 6.04 Å². The lowest BCUT2D eigenvalue weighted by Crippen LogP contribution is -2.64. The molecule has 4 amide bonds. The number of barbiturate groups is 1. The average Bonchev–Trinajstić information content (AvgIpc) is 2.80. The first-order chi connectivity index (χ1) is 9.41. The van der Waals surface area contributed by atoms with E-state index >= 15 is 0 Å². The van der Waals surface area contributed by atoms with Gasteiger partial charge in [0, 0.05) is 6.04 Å². The van der Waals surface area contributed by atoms with Gasteiger partial charge in [0.2, 0.25) is 11.8 Å². The lowest BCUT2D eigenvalue weighted by Gasteiger charge is -2.37. The van der Waals surface area contributed by atoms with Gasteiger partial charge in [0.15, 0.2) is 0 Å². The van der Waals surface area contributed by atoms with Crippen molar-refractivity contribution < 1.29 is 14.4 Å². The van der Waals surface area contributed by atoms with Crippen LogP contribution in [0.2, 0.25) is 0 Å². The Balaban J connectivity index is 1.90. The van der Waals surface area contributed by atoms with E-state index < -0.39 is 23.3 Å². The molecule has 3 rings (SSSR count).